The zero-order chi connectivity index (χ0) is 19.6. The van der Waals surface area contributed by atoms with Gasteiger partial charge in [-0.15, -0.1) is 0 Å². The Labute approximate surface area is 170 Å². The molecule has 0 fully saturated rings. The molecule has 7 heteroatoms. The minimum absolute atomic E-state index is 0.244. The van der Waals surface area contributed by atoms with Gasteiger partial charge in [-0.1, -0.05) is 6.07 Å². The molecule has 28 heavy (non-hydrogen) atoms. The van der Waals surface area contributed by atoms with Crippen molar-refractivity contribution < 1.29 is 9.47 Å². The van der Waals surface area contributed by atoms with E-state index in [1.165, 1.54) is 0 Å². The van der Waals surface area contributed by atoms with Crippen LogP contribution in [0.25, 0.3) is 5.69 Å². The van der Waals surface area contributed by atoms with E-state index in [1.54, 1.807) is 12.5 Å². The predicted molar refractivity (Wildman–Crippen MR) is 115 cm³/mol. The molecule has 0 radical (unpaired) electrons. The first kappa shape index (κ1) is 19.7. The van der Waals surface area contributed by atoms with Crippen molar-refractivity contribution in [3.8, 4) is 17.2 Å². The molecule has 3 aromatic rings. The first-order valence-electron chi connectivity index (χ1n) is 9.21. The van der Waals surface area contributed by atoms with Gasteiger partial charge in [-0.05, 0) is 67.9 Å². The average molecular weight is 397 g/mol. The third kappa shape index (κ3) is 6.28. The molecule has 0 aliphatic carbocycles. The zero-order valence-corrected chi connectivity index (χ0v) is 16.4. The number of ether oxygens (including phenoxy) is 2. The van der Waals surface area contributed by atoms with E-state index in [1.807, 2.05) is 59.3 Å². The third-order valence-corrected chi connectivity index (χ3v) is 4.17. The van der Waals surface area contributed by atoms with Crippen LogP contribution in [0.4, 0.5) is 5.69 Å². The van der Waals surface area contributed by atoms with Crippen LogP contribution < -0.4 is 20.5 Å². The van der Waals surface area contributed by atoms with Gasteiger partial charge in [0, 0.05) is 29.8 Å². The smallest absolute Gasteiger partial charge is 0.168 e. The number of imidazole rings is 1. The lowest BCUT2D eigenvalue weighted by atomic mass is 10.2. The summed E-state index contributed by atoms with van der Waals surface area (Å²) >= 11 is 4.84. The fraction of sp³-hybridized carbons (Fsp3) is 0.238. The highest BCUT2D eigenvalue weighted by atomic mass is 32.1. The van der Waals surface area contributed by atoms with Gasteiger partial charge < -0.3 is 25.1 Å². The summed E-state index contributed by atoms with van der Waals surface area (Å²) in [6, 6.07) is 15.6. The van der Waals surface area contributed by atoms with Crippen LogP contribution in [0.5, 0.6) is 11.5 Å². The van der Waals surface area contributed by atoms with Gasteiger partial charge in [0.25, 0.3) is 0 Å². The number of thiocarbonyl (C=S) groups is 1. The highest BCUT2D eigenvalue weighted by Crippen LogP contribution is 2.18. The molecule has 6 nitrogen and oxygen atoms in total. The quantitative estimate of drug-likeness (QED) is 0.396. The molecule has 1 aromatic heterocycles. The number of rotatable bonds is 10. The van der Waals surface area contributed by atoms with Gasteiger partial charge in [-0.25, -0.2) is 4.98 Å². The van der Waals surface area contributed by atoms with Gasteiger partial charge in [-0.3, -0.25) is 0 Å². The molecule has 0 atom stereocenters. The second kappa shape index (κ2) is 10.3. The number of hydrogen-bond donors (Lipinski definition) is 2. The third-order valence-electron chi connectivity index (χ3n) is 4.07. The minimum Gasteiger partial charge on any atom is -0.494 e. The zero-order valence-electron chi connectivity index (χ0n) is 15.6. The first-order valence-corrected chi connectivity index (χ1v) is 9.62. The Bertz CT molecular complexity index is 866. The molecule has 0 amide bonds. The summed E-state index contributed by atoms with van der Waals surface area (Å²) in [5, 5.41) is 3.14. The van der Waals surface area contributed by atoms with Crippen molar-refractivity contribution in [2.24, 2.45) is 5.73 Å². The number of nitrogens with zero attached hydrogens (tertiary/aromatic N) is 2. The van der Waals surface area contributed by atoms with Crippen LogP contribution in [-0.2, 0) is 0 Å². The van der Waals surface area contributed by atoms with Crippen molar-refractivity contribution in [1.29, 1.82) is 0 Å². The average Bonchev–Trinajstić information content (AvgIpc) is 3.22. The van der Waals surface area contributed by atoms with Gasteiger partial charge in [-0.2, -0.15) is 0 Å². The Kier molecular flexibility index (Phi) is 7.26. The molecule has 0 bridgehead atoms. The number of hydrogen-bond acceptors (Lipinski definition) is 4. The van der Waals surface area contributed by atoms with Gasteiger partial charge in [0.2, 0.25) is 0 Å². The van der Waals surface area contributed by atoms with Crippen molar-refractivity contribution >= 4 is 23.0 Å². The molecule has 1 heterocycles. The molecular weight excluding hydrogens is 372 g/mol. The van der Waals surface area contributed by atoms with Crippen LogP contribution in [0.15, 0.2) is 67.3 Å². The minimum atomic E-state index is 0.244. The highest BCUT2D eigenvalue weighted by Gasteiger charge is 2.00. The van der Waals surface area contributed by atoms with Crippen LogP contribution >= 0.6 is 12.2 Å². The van der Waals surface area contributed by atoms with Crippen molar-refractivity contribution in [1.82, 2.24) is 9.55 Å². The molecule has 146 valence electrons. The van der Waals surface area contributed by atoms with E-state index >= 15 is 0 Å². The molecular formula is C21H24N4O2S. The predicted octanol–water partition coefficient (Wildman–Crippen LogP) is 4.16. The van der Waals surface area contributed by atoms with Crippen LogP contribution in [0.1, 0.15) is 19.3 Å². The maximum Gasteiger partial charge on any atom is 0.168 e. The molecule has 0 saturated heterocycles. The molecule has 3 rings (SSSR count). The van der Waals surface area contributed by atoms with Gasteiger partial charge in [0.05, 0.1) is 19.5 Å². The van der Waals surface area contributed by atoms with Crippen molar-refractivity contribution in [3.63, 3.8) is 0 Å². The maximum absolute atomic E-state index is 5.80. The number of nitrogens with two attached hydrogens (primary N) is 1. The van der Waals surface area contributed by atoms with E-state index in [0.717, 1.165) is 42.1 Å². The van der Waals surface area contributed by atoms with Crippen LogP contribution in [-0.4, -0.2) is 27.9 Å². The topological polar surface area (TPSA) is 74.3 Å². The van der Waals surface area contributed by atoms with E-state index in [2.05, 4.69) is 10.3 Å². The van der Waals surface area contributed by atoms with E-state index < -0.39 is 0 Å². The SMILES string of the molecule is NC(=S)Nc1cccc(OCCCCCOc2ccc(-n3ccnc3)cc2)c1. The Morgan fingerprint density at radius 3 is 2.43 bits per heavy atom. The Hall–Kier alpha value is -3.06. The molecule has 2 aromatic carbocycles. The molecule has 0 unspecified atom stereocenters. The Balaban J connectivity index is 1.30. The second-order valence-corrected chi connectivity index (χ2v) is 6.68. The summed E-state index contributed by atoms with van der Waals surface area (Å²) in [7, 11) is 0. The number of aromatic nitrogens is 2. The summed E-state index contributed by atoms with van der Waals surface area (Å²) in [5.41, 5.74) is 7.37. The summed E-state index contributed by atoms with van der Waals surface area (Å²) in [5.74, 6) is 1.68. The van der Waals surface area contributed by atoms with E-state index in [-0.39, 0.29) is 5.11 Å². The number of anilines is 1. The van der Waals surface area contributed by atoms with Gasteiger partial charge in [0.15, 0.2) is 5.11 Å². The lowest BCUT2D eigenvalue weighted by Gasteiger charge is -2.10. The standard InChI is InChI=1S/C21H24N4O2S/c22-21(28)24-17-5-4-6-20(15-17)27-14-3-1-2-13-26-19-9-7-18(8-10-19)25-12-11-23-16-25/h4-12,15-16H,1-3,13-14H2,(H3,22,24,28). The Morgan fingerprint density at radius 2 is 1.75 bits per heavy atom. The molecule has 0 aliphatic rings. The molecule has 3 N–H and O–H groups in total. The molecule has 0 aliphatic heterocycles. The summed E-state index contributed by atoms with van der Waals surface area (Å²) in [6.45, 7) is 1.36. The van der Waals surface area contributed by atoms with Crippen LogP contribution in [0.3, 0.4) is 0 Å². The highest BCUT2D eigenvalue weighted by molar-refractivity contribution is 7.80. The second-order valence-electron chi connectivity index (χ2n) is 6.24. The number of nitrogens with one attached hydrogen (secondary N) is 1. The summed E-state index contributed by atoms with van der Waals surface area (Å²) in [4.78, 5) is 4.05. The van der Waals surface area contributed by atoms with Crippen LogP contribution in [0.2, 0.25) is 0 Å². The van der Waals surface area contributed by atoms with Crippen molar-refractivity contribution in [2.75, 3.05) is 18.5 Å². The fourth-order valence-electron chi connectivity index (χ4n) is 2.69. The number of unbranched alkanes of at least 4 members (excludes halogenated alkanes) is 2. The summed E-state index contributed by atoms with van der Waals surface area (Å²) < 4.78 is 13.5. The van der Waals surface area contributed by atoms with Gasteiger partial charge >= 0.3 is 0 Å². The fourth-order valence-corrected chi connectivity index (χ4v) is 2.81. The lowest BCUT2D eigenvalue weighted by Crippen LogP contribution is -2.18. The normalized spacial score (nSPS) is 10.4. The van der Waals surface area contributed by atoms with E-state index in [9.17, 15) is 0 Å². The monoisotopic (exact) mass is 396 g/mol. The molecule has 0 spiro atoms. The Morgan fingerprint density at radius 1 is 1.00 bits per heavy atom. The number of benzene rings is 2. The summed E-state index contributed by atoms with van der Waals surface area (Å²) in [6.07, 6.45) is 8.44. The van der Waals surface area contributed by atoms with E-state index in [4.69, 9.17) is 27.4 Å². The van der Waals surface area contributed by atoms with Crippen LogP contribution in [0, 0.1) is 0 Å². The van der Waals surface area contributed by atoms with Crippen molar-refractivity contribution in [3.05, 3.63) is 67.3 Å². The lowest BCUT2D eigenvalue weighted by molar-refractivity contribution is 0.279. The maximum atomic E-state index is 5.80. The molecule has 0 saturated carbocycles. The van der Waals surface area contributed by atoms with Gasteiger partial charge in [0.1, 0.15) is 11.5 Å². The van der Waals surface area contributed by atoms with E-state index in [0.29, 0.717) is 13.2 Å². The van der Waals surface area contributed by atoms with Crippen molar-refractivity contribution in [2.45, 2.75) is 19.3 Å². The largest absolute Gasteiger partial charge is 0.494 e. The first-order chi connectivity index (χ1) is 13.7.